The van der Waals surface area contributed by atoms with Crippen molar-refractivity contribution < 1.29 is 9.90 Å². The second-order valence-corrected chi connectivity index (χ2v) is 2.88. The molecule has 0 aliphatic rings. The number of hydrogen-bond donors (Lipinski definition) is 1. The zero-order valence-electron chi connectivity index (χ0n) is 11.1. The van der Waals surface area contributed by atoms with Gasteiger partial charge < -0.3 is 5.11 Å². The lowest BCUT2D eigenvalue weighted by Crippen LogP contribution is -1.97. The Morgan fingerprint density at radius 2 is 1.75 bits per heavy atom. The van der Waals surface area contributed by atoms with Crippen molar-refractivity contribution in [2.45, 2.75) is 47.5 Å². The molecule has 0 bridgehead atoms. The maximum atomic E-state index is 10.3. The molecule has 16 heavy (non-hydrogen) atoms. The van der Waals surface area contributed by atoms with Crippen LogP contribution in [0.15, 0.2) is 24.3 Å². The summed E-state index contributed by atoms with van der Waals surface area (Å²) in [6.45, 7) is 10.0. The predicted octanol–water partition coefficient (Wildman–Crippen LogP) is 4.06. The van der Waals surface area contributed by atoms with E-state index in [0.717, 1.165) is 5.56 Å². The van der Waals surface area contributed by atoms with Gasteiger partial charge in [0.15, 0.2) is 0 Å². The van der Waals surface area contributed by atoms with Crippen molar-refractivity contribution in [1.29, 1.82) is 0 Å². The van der Waals surface area contributed by atoms with Gasteiger partial charge >= 0.3 is 5.97 Å². The minimum absolute atomic E-state index is 0.212. The van der Waals surface area contributed by atoms with E-state index >= 15 is 0 Å². The fourth-order valence-corrected chi connectivity index (χ4v) is 1.12. The molecular weight excluding hydrogens is 200 g/mol. The summed E-state index contributed by atoms with van der Waals surface area (Å²) in [5.41, 5.74) is 2.27. The summed E-state index contributed by atoms with van der Waals surface area (Å²) in [5.74, 6) is -0.739. The third-order valence-electron chi connectivity index (χ3n) is 1.71. The Labute approximate surface area is 99.3 Å². The zero-order valence-corrected chi connectivity index (χ0v) is 11.1. The first-order chi connectivity index (χ1) is 7.68. The highest BCUT2D eigenvalue weighted by Crippen LogP contribution is 2.06. The van der Waals surface area contributed by atoms with E-state index in [1.807, 2.05) is 58.9 Å². The van der Waals surface area contributed by atoms with Crippen LogP contribution in [0.3, 0.4) is 0 Å². The molecule has 2 heteroatoms. The first-order valence-corrected chi connectivity index (χ1v) is 5.96. The lowest BCUT2D eigenvalue weighted by molar-refractivity contribution is -0.136. The van der Waals surface area contributed by atoms with E-state index in [-0.39, 0.29) is 6.42 Å². The molecule has 0 amide bonds. The van der Waals surface area contributed by atoms with Crippen LogP contribution in [0.5, 0.6) is 0 Å². The van der Waals surface area contributed by atoms with Crippen molar-refractivity contribution in [1.82, 2.24) is 0 Å². The van der Waals surface area contributed by atoms with Crippen LogP contribution in [0, 0.1) is 6.92 Å². The molecule has 0 aromatic heterocycles. The molecule has 0 radical (unpaired) electrons. The van der Waals surface area contributed by atoms with Gasteiger partial charge in [-0.25, -0.2) is 0 Å². The van der Waals surface area contributed by atoms with Crippen LogP contribution in [0.1, 0.15) is 45.2 Å². The molecule has 0 spiro atoms. The number of aryl methyl sites for hydroxylation is 2. The van der Waals surface area contributed by atoms with Gasteiger partial charge in [0.25, 0.3) is 0 Å². The van der Waals surface area contributed by atoms with Crippen molar-refractivity contribution in [3.63, 3.8) is 0 Å². The Morgan fingerprint density at radius 1 is 1.19 bits per heavy atom. The molecule has 2 nitrogen and oxygen atoms in total. The molecule has 92 valence electrons. The highest BCUT2D eigenvalue weighted by atomic mass is 16.4. The fourth-order valence-electron chi connectivity index (χ4n) is 1.12. The molecule has 0 saturated heterocycles. The van der Waals surface area contributed by atoms with Crippen LogP contribution >= 0.6 is 0 Å². The van der Waals surface area contributed by atoms with E-state index in [1.165, 1.54) is 5.56 Å². The molecule has 0 aliphatic carbocycles. The van der Waals surface area contributed by atoms with Crippen molar-refractivity contribution in [2.24, 2.45) is 0 Å². The van der Waals surface area contributed by atoms with Gasteiger partial charge in [-0.15, -0.1) is 0 Å². The Hall–Kier alpha value is -1.31. The second kappa shape index (κ2) is 11.8. The number of aliphatic carboxylic acids is 1. The molecule has 1 aromatic carbocycles. The zero-order chi connectivity index (χ0) is 13.0. The van der Waals surface area contributed by atoms with E-state index < -0.39 is 5.97 Å². The molecule has 0 aliphatic heterocycles. The van der Waals surface area contributed by atoms with E-state index in [2.05, 4.69) is 0 Å². The first kappa shape index (κ1) is 17.1. The highest BCUT2D eigenvalue weighted by molar-refractivity contribution is 5.67. The number of carbonyl (C=O) groups is 1. The molecule has 0 fully saturated rings. The van der Waals surface area contributed by atoms with Crippen LogP contribution in [0.2, 0.25) is 0 Å². The van der Waals surface area contributed by atoms with E-state index in [4.69, 9.17) is 5.11 Å². The minimum Gasteiger partial charge on any atom is -0.481 e. The third-order valence-corrected chi connectivity index (χ3v) is 1.71. The van der Waals surface area contributed by atoms with Crippen molar-refractivity contribution >= 4 is 5.97 Å². The first-order valence-electron chi connectivity index (χ1n) is 5.96. The number of benzene rings is 1. The van der Waals surface area contributed by atoms with Gasteiger partial charge in [0.05, 0.1) is 0 Å². The van der Waals surface area contributed by atoms with Gasteiger partial charge in [-0.05, 0) is 18.9 Å². The minimum atomic E-state index is -0.739. The summed E-state index contributed by atoms with van der Waals surface area (Å²) >= 11 is 0. The Morgan fingerprint density at radius 3 is 2.19 bits per heavy atom. The van der Waals surface area contributed by atoms with Crippen LogP contribution in [0.25, 0.3) is 0 Å². The van der Waals surface area contributed by atoms with E-state index in [9.17, 15) is 4.79 Å². The van der Waals surface area contributed by atoms with Crippen molar-refractivity contribution in [2.75, 3.05) is 0 Å². The Balaban J connectivity index is 0. The van der Waals surface area contributed by atoms with Crippen LogP contribution in [-0.4, -0.2) is 11.1 Å². The van der Waals surface area contributed by atoms with Gasteiger partial charge in [0.1, 0.15) is 0 Å². The maximum Gasteiger partial charge on any atom is 0.303 e. The summed E-state index contributed by atoms with van der Waals surface area (Å²) in [6.07, 6.45) is 0.834. The van der Waals surface area contributed by atoms with Crippen molar-refractivity contribution in [3.8, 4) is 0 Å². The fraction of sp³-hybridized carbons (Fsp3) is 0.500. The number of rotatable bonds is 3. The standard InChI is InChI=1S/C10H12O2.2C2H6/c1-8-3-2-4-9(7-8)5-6-10(11)12;2*1-2/h2-4,7H,5-6H2,1H3,(H,11,12);2*1-2H3. The second-order valence-electron chi connectivity index (χ2n) is 2.88. The van der Waals surface area contributed by atoms with Gasteiger partial charge in [-0.1, -0.05) is 57.5 Å². The largest absolute Gasteiger partial charge is 0.481 e. The highest BCUT2D eigenvalue weighted by Gasteiger charge is 1.98. The molecule has 1 N–H and O–H groups in total. The smallest absolute Gasteiger partial charge is 0.303 e. The summed E-state index contributed by atoms with van der Waals surface area (Å²) in [5, 5.41) is 8.44. The molecule has 0 unspecified atom stereocenters. The van der Waals surface area contributed by atoms with Gasteiger partial charge in [-0.2, -0.15) is 0 Å². The van der Waals surface area contributed by atoms with Crippen LogP contribution in [-0.2, 0) is 11.2 Å². The average Bonchev–Trinajstić information content (AvgIpc) is 2.32. The number of carboxylic acids is 1. The molecular formula is C14H24O2. The molecule has 0 saturated carbocycles. The van der Waals surface area contributed by atoms with Crippen LogP contribution in [0.4, 0.5) is 0 Å². The van der Waals surface area contributed by atoms with E-state index in [1.54, 1.807) is 0 Å². The molecule has 0 heterocycles. The maximum absolute atomic E-state index is 10.3. The summed E-state index contributed by atoms with van der Waals surface area (Å²) in [4.78, 5) is 10.3. The SMILES string of the molecule is CC.CC.Cc1cccc(CCC(=O)O)c1. The molecule has 1 aromatic rings. The van der Waals surface area contributed by atoms with Gasteiger partial charge in [-0.3, -0.25) is 4.79 Å². The monoisotopic (exact) mass is 224 g/mol. The Kier molecular flexibility index (Phi) is 12.6. The number of hydrogen-bond acceptors (Lipinski definition) is 1. The lowest BCUT2D eigenvalue weighted by Gasteiger charge is -1.98. The topological polar surface area (TPSA) is 37.3 Å². The summed E-state index contributed by atoms with van der Waals surface area (Å²) < 4.78 is 0. The van der Waals surface area contributed by atoms with Crippen LogP contribution < -0.4 is 0 Å². The van der Waals surface area contributed by atoms with Gasteiger partial charge in [0.2, 0.25) is 0 Å². The Bertz CT molecular complexity index is 280. The quantitative estimate of drug-likeness (QED) is 0.840. The van der Waals surface area contributed by atoms with Crippen molar-refractivity contribution in [3.05, 3.63) is 35.4 Å². The normalized spacial score (nSPS) is 8.06. The molecule has 1 rings (SSSR count). The lowest BCUT2D eigenvalue weighted by atomic mass is 10.1. The van der Waals surface area contributed by atoms with Gasteiger partial charge in [0, 0.05) is 6.42 Å². The number of carboxylic acid groups (broad SMARTS) is 1. The summed E-state index contributed by atoms with van der Waals surface area (Å²) in [7, 11) is 0. The third kappa shape index (κ3) is 9.25. The average molecular weight is 224 g/mol. The predicted molar refractivity (Wildman–Crippen MR) is 69.8 cm³/mol. The molecule has 0 atom stereocenters. The summed E-state index contributed by atoms with van der Waals surface area (Å²) in [6, 6.07) is 7.93. The van der Waals surface area contributed by atoms with E-state index in [0.29, 0.717) is 6.42 Å².